The number of carbonyl (C=O) groups is 1. The van der Waals surface area contributed by atoms with Gasteiger partial charge in [0.15, 0.2) is 0 Å². The number of aryl methyl sites for hydroxylation is 1. The molecule has 2 aromatic carbocycles. The number of aliphatic carboxylic acids is 1. The smallest absolute Gasteiger partial charge is 0.304 e. The monoisotopic (exact) mass is 503 g/mol. The second-order valence-electron chi connectivity index (χ2n) is 10.9. The van der Waals surface area contributed by atoms with Gasteiger partial charge in [-0.05, 0) is 71.0 Å². The zero-order chi connectivity index (χ0) is 26.2. The van der Waals surface area contributed by atoms with E-state index in [1.807, 2.05) is 31.2 Å². The van der Waals surface area contributed by atoms with Gasteiger partial charge in [0, 0.05) is 17.0 Å². The second-order valence-corrected chi connectivity index (χ2v) is 10.9. The third kappa shape index (κ3) is 5.07. The molecule has 5 nitrogen and oxygen atoms in total. The molecule has 0 saturated heterocycles. The highest BCUT2D eigenvalue weighted by Gasteiger charge is 2.36. The Morgan fingerprint density at radius 3 is 2.73 bits per heavy atom. The van der Waals surface area contributed by atoms with E-state index in [0.29, 0.717) is 29.9 Å². The molecule has 3 aromatic rings. The molecule has 2 aliphatic rings. The highest BCUT2D eigenvalue weighted by molar-refractivity contribution is 5.71. The highest BCUT2D eigenvalue weighted by Crippen LogP contribution is 2.45. The van der Waals surface area contributed by atoms with E-state index >= 15 is 0 Å². The van der Waals surface area contributed by atoms with E-state index < -0.39 is 5.97 Å². The first-order chi connectivity index (χ1) is 17.8. The molecule has 37 heavy (non-hydrogen) atoms. The van der Waals surface area contributed by atoms with Crippen LogP contribution in [0.4, 0.5) is 4.39 Å². The van der Waals surface area contributed by atoms with Gasteiger partial charge in [-0.3, -0.25) is 4.79 Å². The van der Waals surface area contributed by atoms with Gasteiger partial charge in [-0.2, -0.15) is 0 Å². The summed E-state index contributed by atoms with van der Waals surface area (Å²) in [6.07, 6.45) is 6.47. The predicted molar refractivity (Wildman–Crippen MR) is 141 cm³/mol. The Morgan fingerprint density at radius 1 is 1.16 bits per heavy atom. The van der Waals surface area contributed by atoms with Crippen LogP contribution in [0.25, 0.3) is 11.1 Å². The predicted octanol–water partition coefficient (Wildman–Crippen LogP) is 7.06. The molecule has 0 spiro atoms. The normalized spacial score (nSPS) is 22.6. The fourth-order valence-electron chi connectivity index (χ4n) is 6.25. The summed E-state index contributed by atoms with van der Waals surface area (Å²) in [5.41, 5.74) is 5.45. The Labute approximate surface area is 217 Å². The maximum Gasteiger partial charge on any atom is 0.304 e. The van der Waals surface area contributed by atoms with E-state index in [2.05, 4.69) is 24.0 Å². The summed E-state index contributed by atoms with van der Waals surface area (Å²) < 4.78 is 26.4. The molecular weight excluding hydrogens is 469 g/mol. The average molecular weight is 504 g/mol. The molecule has 3 atom stereocenters. The summed E-state index contributed by atoms with van der Waals surface area (Å²) in [7, 11) is 1.54. The molecule has 0 radical (unpaired) electrons. The molecule has 0 bridgehead atoms. The van der Waals surface area contributed by atoms with E-state index in [1.54, 1.807) is 6.07 Å². The Morgan fingerprint density at radius 2 is 2.00 bits per heavy atom. The summed E-state index contributed by atoms with van der Waals surface area (Å²) >= 11 is 0. The number of ether oxygens (including phenoxy) is 2. The zero-order valence-electron chi connectivity index (χ0n) is 21.7. The largest absolute Gasteiger partial charge is 0.489 e. The van der Waals surface area contributed by atoms with Crippen molar-refractivity contribution < 1.29 is 23.8 Å². The standard InChI is InChI=1S/C31H34FNO4/c1-19-5-4-6-23(19)25-13-20(7-10-24(25)26-15-29(36-3)33-17-28(26)32)18-37-22-9-8-21-11-12-31(2,16-30(34)35)27(21)14-22/h7-10,13-15,17,19,23H,4-6,11-12,16,18H2,1-3H3,(H,34,35)/t19?,23-,31-/m1/s1. The average Bonchev–Trinajstić information content (AvgIpc) is 3.45. The van der Waals surface area contributed by atoms with Crippen molar-refractivity contribution in [3.63, 3.8) is 0 Å². The van der Waals surface area contributed by atoms with Gasteiger partial charge in [0.05, 0.1) is 19.7 Å². The molecule has 1 unspecified atom stereocenters. The van der Waals surface area contributed by atoms with Gasteiger partial charge in [0.1, 0.15) is 18.2 Å². The zero-order valence-corrected chi connectivity index (χ0v) is 21.7. The summed E-state index contributed by atoms with van der Waals surface area (Å²) in [5.74, 6) is 0.858. The van der Waals surface area contributed by atoms with Crippen LogP contribution in [0.1, 0.15) is 74.1 Å². The van der Waals surface area contributed by atoms with Gasteiger partial charge in [0.2, 0.25) is 5.88 Å². The number of rotatable bonds is 8. The van der Waals surface area contributed by atoms with Gasteiger partial charge >= 0.3 is 5.97 Å². The lowest BCUT2D eigenvalue weighted by Crippen LogP contribution is -2.22. The molecule has 1 fully saturated rings. The van der Waals surface area contributed by atoms with E-state index in [9.17, 15) is 14.3 Å². The van der Waals surface area contributed by atoms with Gasteiger partial charge in [-0.1, -0.05) is 51.0 Å². The maximum absolute atomic E-state index is 14.9. The van der Waals surface area contributed by atoms with Crippen molar-refractivity contribution in [2.24, 2.45) is 5.92 Å². The van der Waals surface area contributed by atoms with Crippen molar-refractivity contribution >= 4 is 5.97 Å². The SMILES string of the molecule is COc1cc(-c2ccc(COc3ccc4c(c3)[C@@](C)(CC(=O)O)CC4)cc2[C@@H]2CCCC2C)c(F)cn1. The molecule has 0 amide bonds. The third-order valence-corrected chi connectivity index (χ3v) is 8.33. The lowest BCUT2D eigenvalue weighted by Gasteiger charge is -2.24. The minimum absolute atomic E-state index is 0.115. The van der Waals surface area contributed by atoms with Crippen LogP contribution in [0, 0.1) is 11.7 Å². The van der Waals surface area contributed by atoms with E-state index in [1.165, 1.54) is 25.3 Å². The number of nitrogens with zero attached hydrogens (tertiary/aromatic N) is 1. The number of benzene rings is 2. The van der Waals surface area contributed by atoms with Crippen LogP contribution in [0.5, 0.6) is 11.6 Å². The number of hydrogen-bond donors (Lipinski definition) is 1. The van der Waals surface area contributed by atoms with Gasteiger partial charge in [-0.25, -0.2) is 9.37 Å². The number of methoxy groups -OCH3 is 1. The molecule has 5 rings (SSSR count). The molecule has 2 aliphatic carbocycles. The van der Waals surface area contributed by atoms with Crippen molar-refractivity contribution in [2.75, 3.05) is 7.11 Å². The number of carboxylic acid groups (broad SMARTS) is 1. The van der Waals surface area contributed by atoms with Crippen molar-refractivity contribution in [2.45, 2.75) is 70.3 Å². The minimum atomic E-state index is -0.779. The molecule has 194 valence electrons. The quantitative estimate of drug-likeness (QED) is 0.356. The Kier molecular flexibility index (Phi) is 6.93. The van der Waals surface area contributed by atoms with Crippen molar-refractivity contribution in [1.29, 1.82) is 0 Å². The first-order valence-corrected chi connectivity index (χ1v) is 13.1. The molecule has 1 heterocycles. The molecule has 1 aromatic heterocycles. The molecular formula is C31H34FNO4. The first kappa shape index (κ1) is 25.2. The Hall–Kier alpha value is -3.41. The van der Waals surface area contributed by atoms with Crippen LogP contribution in [0.2, 0.25) is 0 Å². The van der Waals surface area contributed by atoms with Crippen LogP contribution >= 0.6 is 0 Å². The lowest BCUT2D eigenvalue weighted by atomic mass is 9.81. The molecule has 1 N–H and O–H groups in total. The number of fused-ring (bicyclic) bond motifs is 1. The number of halogens is 1. The van der Waals surface area contributed by atoms with Crippen LogP contribution in [-0.4, -0.2) is 23.2 Å². The van der Waals surface area contributed by atoms with Crippen LogP contribution in [0.15, 0.2) is 48.7 Å². The third-order valence-electron chi connectivity index (χ3n) is 8.33. The topological polar surface area (TPSA) is 68.7 Å². The summed E-state index contributed by atoms with van der Waals surface area (Å²) in [6, 6.07) is 13.9. The van der Waals surface area contributed by atoms with Crippen LogP contribution in [0.3, 0.4) is 0 Å². The fraction of sp³-hybridized carbons (Fsp3) is 0.419. The minimum Gasteiger partial charge on any atom is -0.489 e. The molecule has 0 aliphatic heterocycles. The summed E-state index contributed by atoms with van der Waals surface area (Å²) in [4.78, 5) is 15.5. The van der Waals surface area contributed by atoms with Crippen LogP contribution in [-0.2, 0) is 23.2 Å². The second kappa shape index (κ2) is 10.2. The van der Waals surface area contributed by atoms with Gasteiger partial charge < -0.3 is 14.6 Å². The van der Waals surface area contributed by atoms with E-state index in [0.717, 1.165) is 53.7 Å². The number of pyridine rings is 1. The Bertz CT molecular complexity index is 1320. The van der Waals surface area contributed by atoms with Crippen molar-refractivity contribution in [3.05, 3.63) is 76.7 Å². The number of carboxylic acids is 1. The Balaban J connectivity index is 1.43. The van der Waals surface area contributed by atoms with Crippen molar-refractivity contribution in [1.82, 2.24) is 4.98 Å². The molecule has 6 heteroatoms. The summed E-state index contributed by atoms with van der Waals surface area (Å²) in [5, 5.41) is 9.41. The maximum atomic E-state index is 14.9. The van der Waals surface area contributed by atoms with Gasteiger partial charge in [-0.15, -0.1) is 0 Å². The van der Waals surface area contributed by atoms with E-state index in [4.69, 9.17) is 9.47 Å². The van der Waals surface area contributed by atoms with Crippen molar-refractivity contribution in [3.8, 4) is 22.8 Å². The molecule has 1 saturated carbocycles. The number of hydrogen-bond acceptors (Lipinski definition) is 4. The lowest BCUT2D eigenvalue weighted by molar-refractivity contribution is -0.138. The summed E-state index contributed by atoms with van der Waals surface area (Å²) in [6.45, 7) is 4.68. The van der Waals surface area contributed by atoms with Gasteiger partial charge in [0.25, 0.3) is 0 Å². The fourth-order valence-corrected chi connectivity index (χ4v) is 6.25. The number of aromatic nitrogens is 1. The van der Waals surface area contributed by atoms with E-state index in [-0.39, 0.29) is 17.7 Å². The van der Waals surface area contributed by atoms with Crippen LogP contribution < -0.4 is 9.47 Å². The first-order valence-electron chi connectivity index (χ1n) is 13.1. The highest BCUT2D eigenvalue weighted by atomic mass is 19.1.